The van der Waals surface area contributed by atoms with Gasteiger partial charge in [-0.3, -0.25) is 4.79 Å². The van der Waals surface area contributed by atoms with Crippen LogP contribution in [0.2, 0.25) is 5.22 Å². The molecule has 1 aromatic rings. The third-order valence-electron chi connectivity index (χ3n) is 3.36. The molecule has 2 rings (SSSR count). The molecule has 3 nitrogen and oxygen atoms in total. The molecular weight excluding hydrogens is 226 g/mol. The Hall–Kier alpha value is -0.960. The minimum Gasteiger partial charge on any atom is -0.440 e. The van der Waals surface area contributed by atoms with Crippen molar-refractivity contribution in [3.05, 3.63) is 23.1 Å². The fraction of sp³-hybridized carbons (Fsp3) is 0.583. The minimum absolute atomic E-state index is 0.175. The van der Waals surface area contributed by atoms with Gasteiger partial charge in [-0.15, -0.1) is 0 Å². The summed E-state index contributed by atoms with van der Waals surface area (Å²) in [6, 6.07) is 3.17. The maximum Gasteiger partial charge on any atom is 0.287 e. The molecular formula is C12H16ClNO2. The number of furan rings is 1. The lowest BCUT2D eigenvalue weighted by atomic mass is 9.98. The highest BCUT2D eigenvalue weighted by molar-refractivity contribution is 6.29. The van der Waals surface area contributed by atoms with Crippen LogP contribution in [-0.2, 0) is 0 Å². The SMILES string of the molecule is CC1CCCC1CNC(=O)c1ccc(Cl)o1. The Balaban J connectivity index is 1.84. The first-order valence-corrected chi connectivity index (χ1v) is 6.08. The predicted molar refractivity (Wildman–Crippen MR) is 62.6 cm³/mol. The number of hydrogen-bond acceptors (Lipinski definition) is 2. The van der Waals surface area contributed by atoms with Gasteiger partial charge in [-0.05, 0) is 42.0 Å². The summed E-state index contributed by atoms with van der Waals surface area (Å²) in [4.78, 5) is 11.7. The Bertz CT molecular complexity index is 375. The van der Waals surface area contributed by atoms with Crippen LogP contribution in [0.15, 0.2) is 16.5 Å². The van der Waals surface area contributed by atoms with Crippen molar-refractivity contribution >= 4 is 17.5 Å². The van der Waals surface area contributed by atoms with E-state index in [1.165, 1.54) is 19.3 Å². The second-order valence-electron chi connectivity index (χ2n) is 4.48. The molecule has 1 aromatic heterocycles. The van der Waals surface area contributed by atoms with Gasteiger partial charge in [-0.1, -0.05) is 19.8 Å². The summed E-state index contributed by atoms with van der Waals surface area (Å²) < 4.78 is 5.04. The van der Waals surface area contributed by atoms with Crippen LogP contribution >= 0.6 is 11.6 Å². The Morgan fingerprint density at radius 1 is 1.56 bits per heavy atom. The first-order valence-electron chi connectivity index (χ1n) is 5.70. The summed E-state index contributed by atoms with van der Waals surface area (Å²) in [5.74, 6) is 1.43. The Kier molecular flexibility index (Phi) is 3.54. The van der Waals surface area contributed by atoms with E-state index in [1.54, 1.807) is 12.1 Å². The van der Waals surface area contributed by atoms with Crippen LogP contribution < -0.4 is 5.32 Å². The summed E-state index contributed by atoms with van der Waals surface area (Å²) in [6.07, 6.45) is 3.75. The maximum atomic E-state index is 11.7. The molecule has 1 aliphatic rings. The number of carbonyl (C=O) groups is 1. The van der Waals surface area contributed by atoms with Crippen molar-refractivity contribution in [3.8, 4) is 0 Å². The van der Waals surface area contributed by atoms with Crippen molar-refractivity contribution in [3.63, 3.8) is 0 Å². The number of hydrogen-bond donors (Lipinski definition) is 1. The lowest BCUT2D eigenvalue weighted by Crippen LogP contribution is -2.29. The topological polar surface area (TPSA) is 42.2 Å². The molecule has 16 heavy (non-hydrogen) atoms. The zero-order chi connectivity index (χ0) is 11.5. The molecule has 0 aromatic carbocycles. The second-order valence-corrected chi connectivity index (χ2v) is 4.85. The lowest BCUT2D eigenvalue weighted by molar-refractivity contribution is 0.0917. The van der Waals surface area contributed by atoms with Crippen molar-refractivity contribution in [1.29, 1.82) is 0 Å². The van der Waals surface area contributed by atoms with Crippen LogP contribution in [0.1, 0.15) is 36.7 Å². The number of rotatable bonds is 3. The maximum absolute atomic E-state index is 11.7. The highest BCUT2D eigenvalue weighted by atomic mass is 35.5. The molecule has 0 spiro atoms. The van der Waals surface area contributed by atoms with E-state index in [4.69, 9.17) is 16.0 Å². The van der Waals surface area contributed by atoms with Gasteiger partial charge in [-0.25, -0.2) is 0 Å². The van der Waals surface area contributed by atoms with Crippen LogP contribution in [0.4, 0.5) is 0 Å². The van der Waals surface area contributed by atoms with Gasteiger partial charge in [0.15, 0.2) is 11.0 Å². The molecule has 4 heteroatoms. The average Bonchev–Trinajstić information content (AvgIpc) is 2.84. The third kappa shape index (κ3) is 2.59. The molecule has 1 aliphatic carbocycles. The lowest BCUT2D eigenvalue weighted by Gasteiger charge is -2.15. The molecule has 88 valence electrons. The standard InChI is InChI=1S/C12H16ClNO2/c1-8-3-2-4-9(8)7-14-12(15)10-5-6-11(13)16-10/h5-6,8-9H,2-4,7H2,1H3,(H,14,15). The van der Waals surface area contributed by atoms with E-state index in [-0.39, 0.29) is 16.9 Å². The molecule has 1 amide bonds. The molecule has 0 saturated heterocycles. The van der Waals surface area contributed by atoms with E-state index >= 15 is 0 Å². The molecule has 0 bridgehead atoms. The Morgan fingerprint density at radius 2 is 2.38 bits per heavy atom. The van der Waals surface area contributed by atoms with Crippen molar-refractivity contribution < 1.29 is 9.21 Å². The minimum atomic E-state index is -0.175. The summed E-state index contributed by atoms with van der Waals surface area (Å²) in [5.41, 5.74) is 0. The molecule has 1 saturated carbocycles. The van der Waals surface area contributed by atoms with Crippen LogP contribution in [0.25, 0.3) is 0 Å². The zero-order valence-electron chi connectivity index (χ0n) is 9.33. The summed E-state index contributed by atoms with van der Waals surface area (Å²) in [6.45, 7) is 2.98. The molecule has 0 aliphatic heterocycles. The molecule has 1 fully saturated rings. The smallest absolute Gasteiger partial charge is 0.287 e. The van der Waals surface area contributed by atoms with Gasteiger partial charge < -0.3 is 9.73 Å². The van der Waals surface area contributed by atoms with Crippen molar-refractivity contribution in [2.45, 2.75) is 26.2 Å². The van der Waals surface area contributed by atoms with E-state index in [0.29, 0.717) is 11.8 Å². The van der Waals surface area contributed by atoms with Crippen LogP contribution in [0.5, 0.6) is 0 Å². The van der Waals surface area contributed by atoms with Gasteiger partial charge in [0, 0.05) is 6.54 Å². The van der Waals surface area contributed by atoms with E-state index in [1.807, 2.05) is 0 Å². The first kappa shape index (κ1) is 11.5. The van der Waals surface area contributed by atoms with Crippen molar-refractivity contribution in [2.75, 3.05) is 6.54 Å². The molecule has 1 N–H and O–H groups in total. The fourth-order valence-corrected chi connectivity index (χ4v) is 2.42. The Labute approximate surface area is 100 Å². The highest BCUT2D eigenvalue weighted by Gasteiger charge is 2.24. The van der Waals surface area contributed by atoms with Gasteiger partial charge in [0.1, 0.15) is 0 Å². The number of carbonyl (C=O) groups excluding carboxylic acids is 1. The van der Waals surface area contributed by atoms with E-state index in [0.717, 1.165) is 6.54 Å². The monoisotopic (exact) mass is 241 g/mol. The normalized spacial score (nSPS) is 24.6. The predicted octanol–water partition coefficient (Wildman–Crippen LogP) is 3.10. The number of amides is 1. The molecule has 0 radical (unpaired) electrons. The Morgan fingerprint density at radius 3 is 2.94 bits per heavy atom. The summed E-state index contributed by atoms with van der Waals surface area (Å²) >= 11 is 5.61. The van der Waals surface area contributed by atoms with Gasteiger partial charge >= 0.3 is 0 Å². The molecule has 1 heterocycles. The van der Waals surface area contributed by atoms with Crippen LogP contribution in [0.3, 0.4) is 0 Å². The zero-order valence-corrected chi connectivity index (χ0v) is 10.1. The van der Waals surface area contributed by atoms with Gasteiger partial charge in [0.25, 0.3) is 5.91 Å². The second kappa shape index (κ2) is 4.91. The molecule has 2 unspecified atom stereocenters. The van der Waals surface area contributed by atoms with Gasteiger partial charge in [0.05, 0.1) is 0 Å². The average molecular weight is 242 g/mol. The summed E-state index contributed by atoms with van der Waals surface area (Å²) in [7, 11) is 0. The van der Waals surface area contributed by atoms with E-state index in [2.05, 4.69) is 12.2 Å². The fourth-order valence-electron chi connectivity index (χ4n) is 2.27. The largest absolute Gasteiger partial charge is 0.440 e. The van der Waals surface area contributed by atoms with Crippen molar-refractivity contribution in [2.24, 2.45) is 11.8 Å². The van der Waals surface area contributed by atoms with Gasteiger partial charge in [-0.2, -0.15) is 0 Å². The summed E-state index contributed by atoms with van der Waals surface area (Å²) in [5, 5.41) is 3.14. The van der Waals surface area contributed by atoms with E-state index < -0.39 is 0 Å². The van der Waals surface area contributed by atoms with E-state index in [9.17, 15) is 4.79 Å². The molecule has 2 atom stereocenters. The van der Waals surface area contributed by atoms with Crippen molar-refractivity contribution in [1.82, 2.24) is 5.32 Å². The highest BCUT2D eigenvalue weighted by Crippen LogP contribution is 2.30. The first-order chi connectivity index (χ1) is 7.66. The quantitative estimate of drug-likeness (QED) is 0.884. The van der Waals surface area contributed by atoms with Crippen LogP contribution in [0, 0.1) is 11.8 Å². The van der Waals surface area contributed by atoms with Gasteiger partial charge in [0.2, 0.25) is 0 Å². The number of halogens is 1. The van der Waals surface area contributed by atoms with Crippen LogP contribution in [-0.4, -0.2) is 12.5 Å². The number of nitrogens with one attached hydrogen (secondary N) is 1. The third-order valence-corrected chi connectivity index (χ3v) is 3.56.